The molecule has 2 aromatic carbocycles. The summed E-state index contributed by atoms with van der Waals surface area (Å²) in [5.41, 5.74) is -0.910. The maximum absolute atomic E-state index is 13.5. The minimum Gasteiger partial charge on any atom is -0.338 e. The van der Waals surface area contributed by atoms with Gasteiger partial charge in [0.25, 0.3) is 17.5 Å². The van der Waals surface area contributed by atoms with Crippen LogP contribution in [0.15, 0.2) is 30.3 Å². The van der Waals surface area contributed by atoms with E-state index in [4.69, 9.17) is 0 Å². The second kappa shape index (κ2) is 8.19. The lowest BCUT2D eigenvalue weighted by Crippen LogP contribution is -2.35. The van der Waals surface area contributed by atoms with Crippen molar-refractivity contribution in [2.75, 3.05) is 18.4 Å². The van der Waals surface area contributed by atoms with E-state index >= 15 is 0 Å². The number of imide groups is 1. The largest absolute Gasteiger partial charge is 0.338 e. The molecule has 1 aliphatic heterocycles. The Kier molecular flexibility index (Phi) is 5.67. The fraction of sp³-hybridized carbons (Fsp3) is 0.167. The van der Waals surface area contributed by atoms with Crippen molar-refractivity contribution in [3.05, 3.63) is 69.0 Å². The van der Waals surface area contributed by atoms with Gasteiger partial charge in [-0.05, 0) is 24.6 Å². The molecule has 0 aliphatic carbocycles. The molecule has 9 nitrogen and oxygen atoms in total. The first-order valence-corrected chi connectivity index (χ1v) is 8.53. The van der Waals surface area contributed by atoms with Crippen LogP contribution in [0.5, 0.6) is 0 Å². The van der Waals surface area contributed by atoms with Gasteiger partial charge in [0, 0.05) is 25.2 Å². The number of hydrogen-bond donors (Lipinski definition) is 2. The lowest BCUT2D eigenvalue weighted by molar-refractivity contribution is -0.384. The summed E-state index contributed by atoms with van der Waals surface area (Å²) in [5, 5.41) is 15.2. The maximum Gasteiger partial charge on any atom is 0.319 e. The van der Waals surface area contributed by atoms with Gasteiger partial charge in [-0.2, -0.15) is 0 Å². The SMILES string of the molecule is O=C(NCCCN1C(=O)c2ccc([N+](=O)[O-])cc2C1=O)Nc1ccc(F)c(F)c1F. The summed E-state index contributed by atoms with van der Waals surface area (Å²) in [6, 6.07) is 3.95. The van der Waals surface area contributed by atoms with Gasteiger partial charge in [0.15, 0.2) is 17.5 Å². The number of benzene rings is 2. The summed E-state index contributed by atoms with van der Waals surface area (Å²) >= 11 is 0. The number of carbonyl (C=O) groups is 3. The van der Waals surface area contributed by atoms with Gasteiger partial charge in [0.2, 0.25) is 0 Å². The van der Waals surface area contributed by atoms with Crippen molar-refractivity contribution in [3.63, 3.8) is 0 Å². The molecule has 0 saturated heterocycles. The lowest BCUT2D eigenvalue weighted by atomic mass is 10.1. The number of halogens is 3. The Morgan fingerprint density at radius 3 is 2.43 bits per heavy atom. The second-order valence-electron chi connectivity index (χ2n) is 6.21. The van der Waals surface area contributed by atoms with Crippen LogP contribution in [0.2, 0.25) is 0 Å². The fourth-order valence-corrected chi connectivity index (χ4v) is 2.82. The number of amides is 4. The summed E-state index contributed by atoms with van der Waals surface area (Å²) in [6.45, 7) is -0.120. The van der Waals surface area contributed by atoms with Gasteiger partial charge >= 0.3 is 6.03 Å². The molecule has 0 atom stereocenters. The molecule has 12 heteroatoms. The van der Waals surface area contributed by atoms with Crippen LogP contribution in [0.1, 0.15) is 27.1 Å². The summed E-state index contributed by atoms with van der Waals surface area (Å²) in [4.78, 5) is 47.4. The molecule has 2 N–H and O–H groups in total. The normalized spacial score (nSPS) is 12.7. The number of urea groups is 1. The zero-order chi connectivity index (χ0) is 22.0. The molecule has 1 aliphatic rings. The van der Waals surface area contributed by atoms with Crippen molar-refractivity contribution < 1.29 is 32.5 Å². The third kappa shape index (κ3) is 3.92. The molecule has 0 saturated carbocycles. The molecule has 0 spiro atoms. The molecule has 30 heavy (non-hydrogen) atoms. The predicted molar refractivity (Wildman–Crippen MR) is 96.4 cm³/mol. The number of rotatable bonds is 6. The fourth-order valence-electron chi connectivity index (χ4n) is 2.82. The Bertz CT molecular complexity index is 1080. The van der Waals surface area contributed by atoms with Crippen molar-refractivity contribution >= 4 is 29.2 Å². The van der Waals surface area contributed by atoms with Crippen LogP contribution in [-0.2, 0) is 0 Å². The quantitative estimate of drug-likeness (QED) is 0.244. The number of non-ortho nitro benzene ring substituents is 1. The Morgan fingerprint density at radius 1 is 1.03 bits per heavy atom. The summed E-state index contributed by atoms with van der Waals surface area (Å²) in [5.74, 6) is -5.97. The molecule has 0 fully saturated rings. The Hall–Kier alpha value is -3.96. The minimum atomic E-state index is -1.72. The molecule has 4 amide bonds. The van der Waals surface area contributed by atoms with Crippen LogP contribution in [-0.4, -0.2) is 40.8 Å². The van der Waals surface area contributed by atoms with Gasteiger partial charge in [-0.25, -0.2) is 18.0 Å². The molecule has 0 radical (unpaired) electrons. The summed E-state index contributed by atoms with van der Waals surface area (Å²) in [6.07, 6.45) is 0.126. The molecule has 1 heterocycles. The van der Waals surface area contributed by atoms with Crippen molar-refractivity contribution in [1.82, 2.24) is 10.2 Å². The van der Waals surface area contributed by atoms with E-state index in [0.29, 0.717) is 6.07 Å². The highest BCUT2D eigenvalue weighted by molar-refractivity contribution is 6.21. The van der Waals surface area contributed by atoms with E-state index in [0.717, 1.165) is 23.1 Å². The minimum absolute atomic E-state index is 0.0370. The molecule has 0 bridgehead atoms. The van der Waals surface area contributed by atoms with Crippen LogP contribution in [0, 0.1) is 27.6 Å². The topological polar surface area (TPSA) is 122 Å². The summed E-state index contributed by atoms with van der Waals surface area (Å²) in [7, 11) is 0. The van der Waals surface area contributed by atoms with E-state index in [9.17, 15) is 37.7 Å². The first-order chi connectivity index (χ1) is 14.2. The number of carbonyl (C=O) groups excluding carboxylic acids is 3. The smallest absolute Gasteiger partial charge is 0.319 e. The number of nitro benzene ring substituents is 1. The first-order valence-electron chi connectivity index (χ1n) is 8.53. The molecular formula is C18H13F3N4O5. The second-order valence-corrected chi connectivity index (χ2v) is 6.21. The van der Waals surface area contributed by atoms with Gasteiger partial charge in [0.1, 0.15) is 0 Å². The predicted octanol–water partition coefficient (Wildman–Crippen LogP) is 2.82. The first kappa shape index (κ1) is 20.8. The number of anilines is 1. The van der Waals surface area contributed by atoms with Gasteiger partial charge in [0.05, 0.1) is 21.7 Å². The Morgan fingerprint density at radius 2 is 1.73 bits per heavy atom. The summed E-state index contributed by atoms with van der Waals surface area (Å²) < 4.78 is 39.6. The molecular weight excluding hydrogens is 409 g/mol. The number of nitro groups is 1. The number of hydrogen-bond acceptors (Lipinski definition) is 5. The van der Waals surface area contributed by atoms with E-state index < -0.39 is 45.9 Å². The van der Waals surface area contributed by atoms with Gasteiger partial charge in [-0.3, -0.25) is 24.6 Å². The van der Waals surface area contributed by atoms with Crippen LogP contribution >= 0.6 is 0 Å². The zero-order valence-electron chi connectivity index (χ0n) is 15.1. The third-order valence-electron chi connectivity index (χ3n) is 4.29. The average Bonchev–Trinajstić information content (AvgIpc) is 2.95. The van der Waals surface area contributed by atoms with Crippen LogP contribution < -0.4 is 10.6 Å². The number of nitrogens with zero attached hydrogens (tertiary/aromatic N) is 2. The van der Waals surface area contributed by atoms with E-state index in [1.807, 2.05) is 5.32 Å². The average molecular weight is 422 g/mol. The van der Waals surface area contributed by atoms with Gasteiger partial charge in [-0.1, -0.05) is 0 Å². The maximum atomic E-state index is 13.5. The standard InChI is InChI=1S/C18H13F3N4O5/c19-12-4-5-13(15(21)14(12)20)23-18(28)22-6-1-7-24-16(26)10-3-2-9(25(29)30)8-11(10)17(24)27/h2-5,8H,1,6-7H2,(H2,22,23,28). The van der Waals surface area contributed by atoms with Gasteiger partial charge in [-0.15, -0.1) is 0 Å². The van der Waals surface area contributed by atoms with E-state index in [-0.39, 0.29) is 36.3 Å². The van der Waals surface area contributed by atoms with E-state index in [2.05, 4.69) is 5.32 Å². The van der Waals surface area contributed by atoms with Crippen molar-refractivity contribution in [3.8, 4) is 0 Å². The highest BCUT2D eigenvalue weighted by Gasteiger charge is 2.36. The van der Waals surface area contributed by atoms with Crippen molar-refractivity contribution in [2.24, 2.45) is 0 Å². The van der Waals surface area contributed by atoms with Crippen LogP contribution in [0.3, 0.4) is 0 Å². The Labute approximate surface area is 166 Å². The molecule has 156 valence electrons. The number of fused-ring (bicyclic) bond motifs is 1. The van der Waals surface area contributed by atoms with Crippen LogP contribution in [0.4, 0.5) is 29.3 Å². The third-order valence-corrected chi connectivity index (χ3v) is 4.29. The zero-order valence-corrected chi connectivity index (χ0v) is 15.1. The lowest BCUT2D eigenvalue weighted by Gasteiger charge is -2.14. The van der Waals surface area contributed by atoms with E-state index in [1.54, 1.807) is 0 Å². The van der Waals surface area contributed by atoms with Gasteiger partial charge < -0.3 is 10.6 Å². The van der Waals surface area contributed by atoms with Crippen molar-refractivity contribution in [2.45, 2.75) is 6.42 Å². The van der Waals surface area contributed by atoms with E-state index in [1.165, 1.54) is 6.07 Å². The number of nitrogens with one attached hydrogen (secondary N) is 2. The van der Waals surface area contributed by atoms with Crippen LogP contribution in [0.25, 0.3) is 0 Å². The molecule has 2 aromatic rings. The van der Waals surface area contributed by atoms with Crippen molar-refractivity contribution in [1.29, 1.82) is 0 Å². The molecule has 3 rings (SSSR count). The molecule has 0 aromatic heterocycles. The highest BCUT2D eigenvalue weighted by atomic mass is 19.2. The Balaban J connectivity index is 1.53. The molecule has 0 unspecified atom stereocenters. The monoisotopic (exact) mass is 422 g/mol. The highest BCUT2D eigenvalue weighted by Crippen LogP contribution is 2.26.